The van der Waals surface area contributed by atoms with E-state index in [2.05, 4.69) is 11.4 Å². The normalized spacial score (nSPS) is 22.6. The van der Waals surface area contributed by atoms with Gasteiger partial charge in [-0.25, -0.2) is 0 Å². The summed E-state index contributed by atoms with van der Waals surface area (Å²) < 4.78 is 5.46. The van der Waals surface area contributed by atoms with Crippen molar-refractivity contribution in [1.29, 1.82) is 0 Å². The average molecular weight is 217 g/mol. The molecule has 3 rings (SSSR count). The van der Waals surface area contributed by atoms with Crippen molar-refractivity contribution in [2.45, 2.75) is 19.3 Å². The van der Waals surface area contributed by atoms with Gasteiger partial charge in [0.1, 0.15) is 5.75 Å². The van der Waals surface area contributed by atoms with Gasteiger partial charge in [-0.15, -0.1) is 0 Å². The van der Waals surface area contributed by atoms with Gasteiger partial charge in [0.15, 0.2) is 0 Å². The summed E-state index contributed by atoms with van der Waals surface area (Å²) in [5.74, 6) is 0.712. The van der Waals surface area contributed by atoms with Crippen LogP contribution >= 0.6 is 0 Å². The van der Waals surface area contributed by atoms with Crippen LogP contribution in [0.5, 0.6) is 5.75 Å². The summed E-state index contributed by atoms with van der Waals surface area (Å²) in [6.45, 7) is 1.83. The number of para-hydroxylation sites is 1. The standard InChI is InChI=1S/C13H15NO2/c15-12-13(5-7-14-8-6-13)9-10-3-1-2-4-11(10)16-12/h1-4,14H,5-9H2. The number of rotatable bonds is 0. The lowest BCUT2D eigenvalue weighted by Crippen LogP contribution is -2.47. The molecule has 1 fully saturated rings. The second kappa shape index (κ2) is 3.59. The molecule has 84 valence electrons. The topological polar surface area (TPSA) is 38.3 Å². The maximum Gasteiger partial charge on any atom is 0.317 e. The van der Waals surface area contributed by atoms with Gasteiger partial charge < -0.3 is 10.1 Å². The van der Waals surface area contributed by atoms with Crippen molar-refractivity contribution >= 4 is 5.97 Å². The number of fused-ring (bicyclic) bond motifs is 1. The molecule has 1 aromatic rings. The number of piperidine rings is 1. The van der Waals surface area contributed by atoms with Gasteiger partial charge in [0.05, 0.1) is 5.41 Å². The predicted octanol–water partition coefficient (Wildman–Crippen LogP) is 1.52. The summed E-state index contributed by atoms with van der Waals surface area (Å²) in [6.07, 6.45) is 2.62. The van der Waals surface area contributed by atoms with Crippen LogP contribution in [-0.2, 0) is 11.2 Å². The van der Waals surface area contributed by atoms with E-state index >= 15 is 0 Å². The Bertz CT molecular complexity index is 422. The van der Waals surface area contributed by atoms with E-state index in [-0.39, 0.29) is 11.4 Å². The Balaban J connectivity index is 1.97. The molecule has 0 saturated carbocycles. The van der Waals surface area contributed by atoms with E-state index < -0.39 is 0 Å². The van der Waals surface area contributed by atoms with Crippen molar-refractivity contribution in [2.24, 2.45) is 5.41 Å². The fraction of sp³-hybridized carbons (Fsp3) is 0.462. The van der Waals surface area contributed by atoms with Crippen molar-refractivity contribution in [3.8, 4) is 5.75 Å². The van der Waals surface area contributed by atoms with Gasteiger partial charge >= 0.3 is 5.97 Å². The highest BCUT2D eigenvalue weighted by Gasteiger charge is 2.44. The van der Waals surface area contributed by atoms with Gasteiger partial charge in [-0.1, -0.05) is 18.2 Å². The Morgan fingerprint density at radius 3 is 2.75 bits per heavy atom. The van der Waals surface area contributed by atoms with Crippen LogP contribution in [0.4, 0.5) is 0 Å². The molecule has 1 saturated heterocycles. The van der Waals surface area contributed by atoms with Crippen molar-refractivity contribution < 1.29 is 9.53 Å². The van der Waals surface area contributed by atoms with Crippen molar-refractivity contribution in [1.82, 2.24) is 5.32 Å². The molecule has 1 N–H and O–H groups in total. The van der Waals surface area contributed by atoms with E-state index in [0.29, 0.717) is 0 Å². The van der Waals surface area contributed by atoms with Crippen LogP contribution in [0.1, 0.15) is 18.4 Å². The lowest BCUT2D eigenvalue weighted by atomic mass is 9.73. The predicted molar refractivity (Wildman–Crippen MR) is 60.3 cm³/mol. The Kier molecular flexibility index (Phi) is 2.21. The van der Waals surface area contributed by atoms with E-state index in [1.807, 2.05) is 18.2 Å². The van der Waals surface area contributed by atoms with E-state index in [0.717, 1.165) is 38.1 Å². The Hall–Kier alpha value is -1.35. The van der Waals surface area contributed by atoms with E-state index in [4.69, 9.17) is 4.74 Å². The van der Waals surface area contributed by atoms with Crippen molar-refractivity contribution in [3.05, 3.63) is 29.8 Å². The van der Waals surface area contributed by atoms with Gasteiger partial charge in [-0.05, 0) is 44.0 Å². The summed E-state index contributed by atoms with van der Waals surface area (Å²) in [5, 5.41) is 3.29. The molecule has 2 aliphatic rings. The van der Waals surface area contributed by atoms with Crippen LogP contribution in [-0.4, -0.2) is 19.1 Å². The minimum Gasteiger partial charge on any atom is -0.426 e. The molecule has 3 heteroatoms. The third-order valence-corrected chi connectivity index (χ3v) is 3.70. The zero-order chi connectivity index (χ0) is 11.0. The van der Waals surface area contributed by atoms with Gasteiger partial charge in [0.25, 0.3) is 0 Å². The van der Waals surface area contributed by atoms with Crippen LogP contribution in [0, 0.1) is 5.41 Å². The third-order valence-electron chi connectivity index (χ3n) is 3.70. The molecule has 0 radical (unpaired) electrons. The lowest BCUT2D eigenvalue weighted by Gasteiger charge is -2.38. The van der Waals surface area contributed by atoms with Gasteiger partial charge in [0.2, 0.25) is 0 Å². The number of benzene rings is 1. The van der Waals surface area contributed by atoms with E-state index in [1.54, 1.807) is 0 Å². The molecule has 0 bridgehead atoms. The molecule has 0 aliphatic carbocycles. The number of hydrogen-bond donors (Lipinski definition) is 1. The maximum absolute atomic E-state index is 12.1. The molecule has 0 amide bonds. The van der Waals surface area contributed by atoms with E-state index in [9.17, 15) is 4.79 Å². The molecule has 2 heterocycles. The van der Waals surface area contributed by atoms with Crippen LogP contribution in [0.25, 0.3) is 0 Å². The highest BCUT2D eigenvalue weighted by atomic mass is 16.5. The number of nitrogens with one attached hydrogen (secondary N) is 1. The largest absolute Gasteiger partial charge is 0.426 e. The zero-order valence-electron chi connectivity index (χ0n) is 9.16. The molecule has 1 spiro atoms. The monoisotopic (exact) mass is 217 g/mol. The molecule has 2 aliphatic heterocycles. The summed E-state index contributed by atoms with van der Waals surface area (Å²) in [4.78, 5) is 12.1. The van der Waals surface area contributed by atoms with Gasteiger partial charge in [-0.2, -0.15) is 0 Å². The van der Waals surface area contributed by atoms with Crippen LogP contribution in [0.2, 0.25) is 0 Å². The summed E-state index contributed by atoms with van der Waals surface area (Å²) >= 11 is 0. The first-order valence-corrected chi connectivity index (χ1v) is 5.81. The summed E-state index contributed by atoms with van der Waals surface area (Å²) in [6, 6.07) is 7.85. The molecule has 1 aromatic carbocycles. The third kappa shape index (κ3) is 1.43. The minimum absolute atomic E-state index is 0.0345. The number of hydrogen-bond acceptors (Lipinski definition) is 3. The minimum atomic E-state index is -0.264. The molecule has 0 aromatic heterocycles. The zero-order valence-corrected chi connectivity index (χ0v) is 9.16. The SMILES string of the molecule is O=C1Oc2ccccc2CC12CCNCC2. The van der Waals surface area contributed by atoms with Crippen LogP contribution in [0.3, 0.4) is 0 Å². The summed E-state index contributed by atoms with van der Waals surface area (Å²) in [5.41, 5.74) is 0.906. The molecular formula is C13H15NO2. The fourth-order valence-electron chi connectivity index (χ4n) is 2.68. The maximum atomic E-state index is 12.1. The lowest BCUT2D eigenvalue weighted by molar-refractivity contribution is -0.149. The van der Waals surface area contributed by atoms with Crippen molar-refractivity contribution in [2.75, 3.05) is 13.1 Å². The number of carbonyl (C=O) groups is 1. The van der Waals surface area contributed by atoms with Crippen LogP contribution < -0.4 is 10.1 Å². The van der Waals surface area contributed by atoms with Crippen LogP contribution in [0.15, 0.2) is 24.3 Å². The Labute approximate surface area is 94.8 Å². The highest BCUT2D eigenvalue weighted by molar-refractivity contribution is 5.82. The molecule has 0 atom stereocenters. The molecule has 16 heavy (non-hydrogen) atoms. The number of carbonyl (C=O) groups excluding carboxylic acids is 1. The Morgan fingerprint density at radius 1 is 1.19 bits per heavy atom. The number of esters is 1. The molecule has 3 nitrogen and oxygen atoms in total. The first-order valence-electron chi connectivity index (χ1n) is 5.81. The first-order chi connectivity index (χ1) is 7.80. The number of ether oxygens (including phenoxy) is 1. The smallest absolute Gasteiger partial charge is 0.317 e. The fourth-order valence-corrected chi connectivity index (χ4v) is 2.68. The van der Waals surface area contributed by atoms with Gasteiger partial charge in [0, 0.05) is 0 Å². The quantitative estimate of drug-likeness (QED) is 0.529. The average Bonchev–Trinajstić information content (AvgIpc) is 2.32. The Morgan fingerprint density at radius 2 is 1.94 bits per heavy atom. The first kappa shape index (κ1) is 9.85. The van der Waals surface area contributed by atoms with Crippen molar-refractivity contribution in [3.63, 3.8) is 0 Å². The molecule has 0 unspecified atom stereocenters. The molecular weight excluding hydrogens is 202 g/mol. The van der Waals surface area contributed by atoms with Gasteiger partial charge in [-0.3, -0.25) is 4.79 Å². The van der Waals surface area contributed by atoms with E-state index in [1.165, 1.54) is 5.56 Å². The highest BCUT2D eigenvalue weighted by Crippen LogP contribution is 2.41. The summed E-state index contributed by atoms with van der Waals surface area (Å²) in [7, 11) is 0. The second-order valence-electron chi connectivity index (χ2n) is 4.70. The second-order valence-corrected chi connectivity index (χ2v) is 4.70.